The van der Waals surface area contributed by atoms with Crippen molar-refractivity contribution in [3.05, 3.63) is 12.2 Å². The van der Waals surface area contributed by atoms with Gasteiger partial charge in [0.1, 0.15) is 6.61 Å². The van der Waals surface area contributed by atoms with Crippen LogP contribution >= 0.6 is 0 Å². The largest absolute Gasteiger partial charge is 0.462 e. The minimum Gasteiger partial charge on any atom is -0.462 e. The first-order valence-corrected chi connectivity index (χ1v) is 27.2. The van der Waals surface area contributed by atoms with Gasteiger partial charge in [-0.15, -0.1) is 0 Å². The van der Waals surface area contributed by atoms with Crippen LogP contribution in [0.3, 0.4) is 0 Å². The number of carbonyl (C=O) groups excluding carboxylic acids is 2. The third-order valence-corrected chi connectivity index (χ3v) is 12.3. The molecule has 0 saturated heterocycles. The Morgan fingerprint density at radius 2 is 0.650 bits per heavy atom. The lowest BCUT2D eigenvalue weighted by molar-refractivity contribution is -0.163. The standard InChI is InChI=1S/C55H106O5/c1-4-7-10-13-16-19-22-25-26-27-28-29-30-32-33-36-39-42-45-48-54(56)59-52-53(51-58-50-47-44-41-38-35-24-21-18-15-12-9-6-3)60-55(57)49-46-43-40-37-34-31-23-20-17-14-11-8-5-2/h20,23,53H,4-19,21-22,24-52H2,1-3H3/b23-20-. The third kappa shape index (κ3) is 49.3. The Morgan fingerprint density at radius 1 is 0.350 bits per heavy atom. The van der Waals surface area contributed by atoms with Gasteiger partial charge in [-0.25, -0.2) is 0 Å². The minimum absolute atomic E-state index is 0.0915. The highest BCUT2D eigenvalue weighted by Crippen LogP contribution is 2.17. The van der Waals surface area contributed by atoms with Crippen LogP contribution in [-0.4, -0.2) is 37.9 Å². The predicted molar refractivity (Wildman–Crippen MR) is 261 cm³/mol. The molecule has 0 amide bonds. The molecule has 0 N–H and O–H groups in total. The lowest BCUT2D eigenvalue weighted by atomic mass is 10.0. The maximum atomic E-state index is 12.8. The molecule has 5 nitrogen and oxygen atoms in total. The molecule has 0 aromatic heterocycles. The van der Waals surface area contributed by atoms with E-state index in [9.17, 15) is 9.59 Å². The number of carbonyl (C=O) groups is 2. The lowest BCUT2D eigenvalue weighted by Crippen LogP contribution is -2.30. The van der Waals surface area contributed by atoms with E-state index in [1.807, 2.05) is 0 Å². The number of hydrogen-bond acceptors (Lipinski definition) is 5. The van der Waals surface area contributed by atoms with Crippen molar-refractivity contribution in [2.24, 2.45) is 0 Å². The van der Waals surface area contributed by atoms with E-state index in [-0.39, 0.29) is 18.5 Å². The van der Waals surface area contributed by atoms with Crippen LogP contribution in [0.2, 0.25) is 0 Å². The van der Waals surface area contributed by atoms with Gasteiger partial charge >= 0.3 is 11.9 Å². The van der Waals surface area contributed by atoms with Gasteiger partial charge in [0.2, 0.25) is 0 Å². The normalized spacial score (nSPS) is 12.1. The van der Waals surface area contributed by atoms with Crippen molar-refractivity contribution in [2.75, 3.05) is 19.8 Å². The van der Waals surface area contributed by atoms with E-state index in [2.05, 4.69) is 32.9 Å². The van der Waals surface area contributed by atoms with Crippen LogP contribution < -0.4 is 0 Å². The fourth-order valence-electron chi connectivity index (χ4n) is 8.21. The molecule has 1 unspecified atom stereocenters. The fourth-order valence-corrected chi connectivity index (χ4v) is 8.21. The summed E-state index contributed by atoms with van der Waals surface area (Å²) in [6.45, 7) is 7.87. The van der Waals surface area contributed by atoms with E-state index >= 15 is 0 Å². The molecule has 0 radical (unpaired) electrons. The van der Waals surface area contributed by atoms with Gasteiger partial charge in [-0.3, -0.25) is 9.59 Å². The van der Waals surface area contributed by atoms with E-state index in [0.29, 0.717) is 26.1 Å². The zero-order chi connectivity index (χ0) is 43.5. The van der Waals surface area contributed by atoms with Crippen molar-refractivity contribution < 1.29 is 23.8 Å². The summed E-state index contributed by atoms with van der Waals surface area (Å²) in [5, 5.41) is 0. The predicted octanol–water partition coefficient (Wildman–Crippen LogP) is 18.2. The molecule has 356 valence electrons. The molecule has 5 heteroatoms. The van der Waals surface area contributed by atoms with Gasteiger partial charge in [0, 0.05) is 19.4 Å². The molecule has 0 aliphatic rings. The molecule has 0 aromatic carbocycles. The van der Waals surface area contributed by atoms with Gasteiger partial charge in [0.15, 0.2) is 6.10 Å². The maximum absolute atomic E-state index is 12.8. The number of hydrogen-bond donors (Lipinski definition) is 0. The van der Waals surface area contributed by atoms with Crippen LogP contribution in [0.4, 0.5) is 0 Å². The van der Waals surface area contributed by atoms with E-state index in [0.717, 1.165) is 44.9 Å². The Morgan fingerprint density at radius 3 is 1.03 bits per heavy atom. The molecule has 0 rings (SSSR count). The van der Waals surface area contributed by atoms with Crippen LogP contribution in [0.25, 0.3) is 0 Å². The average molecular weight is 847 g/mol. The van der Waals surface area contributed by atoms with Crippen LogP contribution in [0.5, 0.6) is 0 Å². The Kier molecular flexibility index (Phi) is 50.8. The number of allylic oxidation sites excluding steroid dienone is 2. The Labute approximate surface area is 375 Å². The molecule has 0 aliphatic heterocycles. The van der Waals surface area contributed by atoms with Gasteiger partial charge in [-0.2, -0.15) is 0 Å². The molecule has 0 saturated carbocycles. The number of ether oxygens (including phenoxy) is 3. The minimum atomic E-state index is -0.530. The Balaban J connectivity index is 4.15. The van der Waals surface area contributed by atoms with Gasteiger partial charge in [0.05, 0.1) is 6.61 Å². The van der Waals surface area contributed by atoms with E-state index in [4.69, 9.17) is 14.2 Å². The van der Waals surface area contributed by atoms with Crippen molar-refractivity contribution >= 4 is 11.9 Å². The van der Waals surface area contributed by atoms with E-state index in [1.165, 1.54) is 225 Å². The summed E-state index contributed by atoms with van der Waals surface area (Å²) < 4.78 is 17.4. The van der Waals surface area contributed by atoms with Crippen molar-refractivity contribution in [1.82, 2.24) is 0 Å². The average Bonchev–Trinajstić information content (AvgIpc) is 3.25. The molecule has 0 spiro atoms. The fraction of sp³-hybridized carbons (Fsp3) is 0.927. The molecule has 0 fully saturated rings. The topological polar surface area (TPSA) is 61.8 Å². The smallest absolute Gasteiger partial charge is 0.306 e. The van der Waals surface area contributed by atoms with Crippen molar-refractivity contribution in [3.63, 3.8) is 0 Å². The summed E-state index contributed by atoms with van der Waals surface area (Å²) in [4.78, 5) is 25.4. The summed E-state index contributed by atoms with van der Waals surface area (Å²) in [5.41, 5.74) is 0. The van der Waals surface area contributed by atoms with Crippen LogP contribution in [0.15, 0.2) is 12.2 Å². The van der Waals surface area contributed by atoms with Gasteiger partial charge < -0.3 is 14.2 Å². The first-order chi connectivity index (χ1) is 29.6. The SMILES string of the molecule is CCCCCC/C=C\CCCCCCCC(=O)OC(COCCCCCCCCCCCCCC)COC(=O)CCCCCCCCCCCCCCCCCCCCC. The summed E-state index contributed by atoms with van der Waals surface area (Å²) in [6.07, 6.45) is 59.4. The van der Waals surface area contributed by atoms with Crippen molar-refractivity contribution in [2.45, 2.75) is 309 Å². The summed E-state index contributed by atoms with van der Waals surface area (Å²) in [5.74, 6) is -0.384. The maximum Gasteiger partial charge on any atom is 0.306 e. The van der Waals surface area contributed by atoms with Crippen LogP contribution in [0.1, 0.15) is 303 Å². The van der Waals surface area contributed by atoms with Crippen LogP contribution in [-0.2, 0) is 23.8 Å². The molecule has 0 aliphatic carbocycles. The highest BCUT2D eigenvalue weighted by Gasteiger charge is 2.17. The quantitative estimate of drug-likeness (QED) is 0.0347. The zero-order valence-electron chi connectivity index (χ0n) is 41.0. The summed E-state index contributed by atoms with van der Waals surface area (Å²) in [6, 6.07) is 0. The second kappa shape index (κ2) is 52.0. The first kappa shape index (κ1) is 58.6. The van der Waals surface area contributed by atoms with Gasteiger partial charge in [-0.05, 0) is 44.9 Å². The second-order valence-corrected chi connectivity index (χ2v) is 18.5. The molecular weight excluding hydrogens is 741 g/mol. The Hall–Kier alpha value is -1.36. The monoisotopic (exact) mass is 847 g/mol. The molecule has 1 atom stereocenters. The van der Waals surface area contributed by atoms with Crippen molar-refractivity contribution in [1.29, 1.82) is 0 Å². The van der Waals surface area contributed by atoms with Gasteiger partial charge in [0.25, 0.3) is 0 Å². The van der Waals surface area contributed by atoms with Gasteiger partial charge in [-0.1, -0.05) is 258 Å². The summed E-state index contributed by atoms with van der Waals surface area (Å²) >= 11 is 0. The lowest BCUT2D eigenvalue weighted by Gasteiger charge is -2.18. The molecule has 0 aromatic rings. The molecular formula is C55H106O5. The van der Waals surface area contributed by atoms with E-state index < -0.39 is 6.10 Å². The highest BCUT2D eigenvalue weighted by atomic mass is 16.6. The van der Waals surface area contributed by atoms with Crippen molar-refractivity contribution in [3.8, 4) is 0 Å². The molecule has 0 heterocycles. The number of esters is 2. The molecule has 0 bridgehead atoms. The van der Waals surface area contributed by atoms with Crippen LogP contribution in [0, 0.1) is 0 Å². The highest BCUT2D eigenvalue weighted by molar-refractivity contribution is 5.70. The number of rotatable bonds is 51. The number of unbranched alkanes of at least 4 members (excludes halogenated alkanes) is 38. The third-order valence-electron chi connectivity index (χ3n) is 12.3. The molecule has 60 heavy (non-hydrogen) atoms. The second-order valence-electron chi connectivity index (χ2n) is 18.5. The Bertz CT molecular complexity index is 871. The summed E-state index contributed by atoms with van der Waals surface area (Å²) in [7, 11) is 0. The zero-order valence-corrected chi connectivity index (χ0v) is 41.0. The first-order valence-electron chi connectivity index (χ1n) is 27.2. The van der Waals surface area contributed by atoms with E-state index in [1.54, 1.807) is 0 Å².